The molecule has 3 aromatic rings. The number of anilines is 1. The topological polar surface area (TPSA) is 183 Å². The molecule has 222 valence electrons. The number of ether oxygens (including phenoxy) is 2. The van der Waals surface area contributed by atoms with Crippen LogP contribution < -0.4 is 15.3 Å². The van der Waals surface area contributed by atoms with Crippen LogP contribution in [0.2, 0.25) is 0 Å². The predicted molar refractivity (Wildman–Crippen MR) is 147 cm³/mol. The van der Waals surface area contributed by atoms with Crippen LogP contribution in [0.25, 0.3) is 5.52 Å². The van der Waals surface area contributed by atoms with E-state index in [1.165, 1.54) is 24.7 Å². The van der Waals surface area contributed by atoms with Gasteiger partial charge in [0.15, 0.2) is 5.82 Å². The zero-order valence-electron chi connectivity index (χ0n) is 23.0. The van der Waals surface area contributed by atoms with Gasteiger partial charge in [0.2, 0.25) is 0 Å². The van der Waals surface area contributed by atoms with Crippen LogP contribution in [0.5, 0.6) is 5.75 Å². The Morgan fingerprint density at radius 1 is 1.29 bits per heavy atom. The van der Waals surface area contributed by atoms with Gasteiger partial charge < -0.3 is 34.8 Å². The minimum atomic E-state index is -4.25. The molecule has 7 atom stereocenters. The third-order valence-electron chi connectivity index (χ3n) is 7.28. The number of aromatic nitrogens is 3. The number of benzene rings is 1. The number of likely N-dealkylation sites (tertiary alicyclic amines) is 1. The molecule has 5 rings (SSSR count). The number of likely N-dealkylation sites (N-methyl/N-ethyl adjacent to an activating group) is 1. The minimum absolute atomic E-state index is 0.231. The number of hydrogen-bond acceptors (Lipinski definition) is 12. The number of esters is 1. The summed E-state index contributed by atoms with van der Waals surface area (Å²) in [5.74, 6) is -0.136. The number of carbonyl (C=O) groups excluding carboxylic acids is 1. The molecule has 5 N–H and O–H groups in total. The van der Waals surface area contributed by atoms with Crippen LogP contribution in [0.4, 0.5) is 5.82 Å². The average molecular weight is 591 g/mol. The van der Waals surface area contributed by atoms with Gasteiger partial charge in [0.05, 0.1) is 12.3 Å². The molecule has 4 heterocycles. The van der Waals surface area contributed by atoms with Crippen LogP contribution in [-0.2, 0) is 23.4 Å². The molecule has 14 nitrogen and oxygen atoms in total. The molecule has 0 radical (unpaired) electrons. The molecule has 41 heavy (non-hydrogen) atoms. The molecule has 2 aliphatic heterocycles. The van der Waals surface area contributed by atoms with Gasteiger partial charge in [-0.25, -0.2) is 14.1 Å². The highest BCUT2D eigenvalue weighted by atomic mass is 31.2. The summed E-state index contributed by atoms with van der Waals surface area (Å²) in [5.41, 5.74) is 5.34. The summed E-state index contributed by atoms with van der Waals surface area (Å²) < 4.78 is 38.6. The lowest BCUT2D eigenvalue weighted by molar-refractivity contribution is -0.150. The maximum absolute atomic E-state index is 14.0. The first-order valence-corrected chi connectivity index (χ1v) is 14.8. The highest BCUT2D eigenvalue weighted by Gasteiger charge is 2.54. The van der Waals surface area contributed by atoms with E-state index in [9.17, 15) is 19.6 Å². The van der Waals surface area contributed by atoms with Gasteiger partial charge in [-0.1, -0.05) is 18.2 Å². The zero-order chi connectivity index (χ0) is 29.4. The summed E-state index contributed by atoms with van der Waals surface area (Å²) in [7, 11) is -2.31. The van der Waals surface area contributed by atoms with Crippen LogP contribution in [-0.4, -0.2) is 92.4 Å². The third kappa shape index (κ3) is 6.24. The van der Waals surface area contributed by atoms with Gasteiger partial charge in [-0.15, -0.1) is 0 Å². The molecule has 1 unspecified atom stereocenters. The lowest BCUT2D eigenvalue weighted by Crippen LogP contribution is -2.45. The largest absolute Gasteiger partial charge is 0.460 e. The number of nitrogen functional groups attached to an aromatic ring is 1. The summed E-state index contributed by atoms with van der Waals surface area (Å²) in [6.07, 6.45) is -2.13. The average Bonchev–Trinajstić information content (AvgIpc) is 3.62. The Labute approximate surface area is 236 Å². The molecule has 2 saturated heterocycles. The van der Waals surface area contributed by atoms with Crippen LogP contribution in [0, 0.1) is 0 Å². The fourth-order valence-electron chi connectivity index (χ4n) is 4.97. The number of aliphatic hydroxyl groups is 2. The first-order valence-electron chi connectivity index (χ1n) is 13.3. The molecule has 2 aromatic heterocycles. The predicted octanol–water partition coefficient (Wildman–Crippen LogP) is 1.29. The monoisotopic (exact) mass is 590 g/mol. The van der Waals surface area contributed by atoms with Crippen molar-refractivity contribution >= 4 is 25.1 Å². The summed E-state index contributed by atoms with van der Waals surface area (Å²) in [4.78, 5) is 18.8. The van der Waals surface area contributed by atoms with E-state index in [1.807, 2.05) is 7.05 Å². The molecule has 0 amide bonds. The van der Waals surface area contributed by atoms with E-state index in [-0.39, 0.29) is 17.7 Å². The first-order chi connectivity index (χ1) is 19.5. The Hall–Kier alpha value is -3.10. The maximum Gasteiger partial charge on any atom is 0.459 e. The molecular formula is C26H35N6O8P. The van der Waals surface area contributed by atoms with Crippen molar-refractivity contribution in [1.82, 2.24) is 24.6 Å². The van der Waals surface area contributed by atoms with Crippen molar-refractivity contribution in [3.63, 3.8) is 0 Å². The van der Waals surface area contributed by atoms with E-state index in [4.69, 9.17) is 24.3 Å². The minimum Gasteiger partial charge on any atom is -0.460 e. The van der Waals surface area contributed by atoms with E-state index in [2.05, 4.69) is 20.1 Å². The van der Waals surface area contributed by atoms with Crippen LogP contribution in [0.1, 0.15) is 32.1 Å². The van der Waals surface area contributed by atoms with Gasteiger partial charge in [-0.3, -0.25) is 9.32 Å². The number of fused-ring (bicyclic) bond motifs is 1. The van der Waals surface area contributed by atoms with Gasteiger partial charge in [-0.2, -0.15) is 10.2 Å². The fraction of sp³-hybridized carbons (Fsp3) is 0.500. The number of aliphatic hydroxyl groups excluding tert-OH is 2. The Bertz CT molecular complexity index is 1430. The van der Waals surface area contributed by atoms with Crippen LogP contribution >= 0.6 is 7.75 Å². The van der Waals surface area contributed by atoms with E-state index < -0.39 is 50.3 Å². The second-order valence-corrected chi connectivity index (χ2v) is 12.3. The molecule has 1 aromatic carbocycles. The second kappa shape index (κ2) is 11.6. The first kappa shape index (κ1) is 29.4. The molecular weight excluding hydrogens is 555 g/mol. The van der Waals surface area contributed by atoms with Crippen molar-refractivity contribution in [2.75, 3.05) is 32.5 Å². The fourth-order valence-corrected chi connectivity index (χ4v) is 6.55. The van der Waals surface area contributed by atoms with E-state index in [0.717, 1.165) is 6.54 Å². The van der Waals surface area contributed by atoms with Gasteiger partial charge in [0.25, 0.3) is 0 Å². The third-order valence-corrected chi connectivity index (χ3v) is 8.91. The van der Waals surface area contributed by atoms with Gasteiger partial charge in [-0.05, 0) is 51.6 Å². The normalized spacial score (nSPS) is 28.9. The van der Waals surface area contributed by atoms with E-state index in [0.29, 0.717) is 24.2 Å². The van der Waals surface area contributed by atoms with E-state index >= 15 is 0 Å². The van der Waals surface area contributed by atoms with Crippen molar-refractivity contribution in [3.05, 3.63) is 54.5 Å². The van der Waals surface area contributed by atoms with Gasteiger partial charge >= 0.3 is 13.7 Å². The molecule has 15 heteroatoms. The van der Waals surface area contributed by atoms with Crippen LogP contribution in [0.3, 0.4) is 0 Å². The summed E-state index contributed by atoms with van der Waals surface area (Å²) >= 11 is 0. The highest BCUT2D eigenvalue weighted by Crippen LogP contribution is 2.48. The lowest BCUT2D eigenvalue weighted by Gasteiger charge is -2.30. The molecule has 0 aliphatic carbocycles. The number of nitrogens with zero attached hydrogens (tertiary/aromatic N) is 4. The SMILES string of the molecule is C[C@H](NP(=O)(OC[C@@]1(C)O[C@@H](c2ccc3c(N)ncnn23)[C@H](O)[C@@H]1O)Oc1ccccc1)C(=O)O[C@@H]1CCN(C)C1. The molecule has 2 aliphatic rings. The Kier molecular flexibility index (Phi) is 8.35. The summed E-state index contributed by atoms with van der Waals surface area (Å²) in [5, 5.41) is 28.8. The van der Waals surface area contributed by atoms with Crippen molar-refractivity contribution in [2.24, 2.45) is 0 Å². The van der Waals surface area contributed by atoms with Crippen molar-refractivity contribution in [2.45, 2.75) is 56.3 Å². The quantitative estimate of drug-likeness (QED) is 0.196. The molecule has 0 saturated carbocycles. The summed E-state index contributed by atoms with van der Waals surface area (Å²) in [6, 6.07) is 10.6. The Morgan fingerprint density at radius 2 is 2.05 bits per heavy atom. The molecule has 2 fully saturated rings. The van der Waals surface area contributed by atoms with Crippen molar-refractivity contribution in [1.29, 1.82) is 0 Å². The Balaban J connectivity index is 1.32. The van der Waals surface area contributed by atoms with Crippen molar-refractivity contribution in [3.8, 4) is 5.75 Å². The second-order valence-electron chi connectivity index (χ2n) is 10.6. The Morgan fingerprint density at radius 3 is 2.76 bits per heavy atom. The number of hydrogen-bond donors (Lipinski definition) is 4. The van der Waals surface area contributed by atoms with Gasteiger partial charge in [0, 0.05) is 13.1 Å². The lowest BCUT2D eigenvalue weighted by atomic mass is 9.97. The zero-order valence-corrected chi connectivity index (χ0v) is 23.9. The number of para-hydroxylation sites is 1. The number of nitrogens with one attached hydrogen (secondary N) is 1. The van der Waals surface area contributed by atoms with Crippen molar-refractivity contribution < 1.29 is 38.1 Å². The highest BCUT2D eigenvalue weighted by molar-refractivity contribution is 7.52. The number of nitrogens with two attached hydrogens (primary N) is 1. The number of rotatable bonds is 10. The molecule has 0 bridgehead atoms. The summed E-state index contributed by atoms with van der Waals surface area (Å²) in [6.45, 7) is 3.97. The standard InChI is InChI=1S/C26H35N6O8P/c1-16(25(35)38-18-11-12-31(3)13-18)30-41(36,40-17-7-5-4-6-8-17)37-14-26(2)23(34)21(33)22(39-26)19-9-10-20-24(27)28-15-29-32(19)20/h4-10,15-16,18,21-23,33-34H,11-14H2,1-3H3,(H,30,36)(H2,27,28,29)/t16-,18+,21-,22-,23-,26+,41?/m0/s1. The number of carbonyl (C=O) groups is 1. The van der Waals surface area contributed by atoms with Gasteiger partial charge in [0.1, 0.15) is 53.7 Å². The maximum atomic E-state index is 14.0. The van der Waals surface area contributed by atoms with E-state index in [1.54, 1.807) is 42.5 Å². The molecule has 0 spiro atoms. The smallest absolute Gasteiger partial charge is 0.459 e. The van der Waals surface area contributed by atoms with Crippen LogP contribution in [0.15, 0.2) is 48.8 Å².